The molecule has 0 spiro atoms. The topological polar surface area (TPSA) is 43.4 Å². The summed E-state index contributed by atoms with van der Waals surface area (Å²) in [6, 6.07) is 0. The van der Waals surface area contributed by atoms with E-state index in [9.17, 15) is 22.8 Å². The van der Waals surface area contributed by atoms with Crippen LogP contribution in [0.2, 0.25) is 0 Å². The van der Waals surface area contributed by atoms with Crippen molar-refractivity contribution < 1.29 is 27.5 Å². The molecule has 88 valence electrons. The number of hydrogen-bond donors (Lipinski definition) is 0. The van der Waals surface area contributed by atoms with E-state index in [-0.39, 0.29) is 0 Å². The van der Waals surface area contributed by atoms with Crippen molar-refractivity contribution in [3.63, 3.8) is 0 Å². The summed E-state index contributed by atoms with van der Waals surface area (Å²) in [7, 11) is 0. The fourth-order valence-corrected chi connectivity index (χ4v) is 1.07. The minimum absolute atomic E-state index is 0.359. The number of alkyl halides is 3. The van der Waals surface area contributed by atoms with Crippen LogP contribution in [0.5, 0.6) is 0 Å². The lowest BCUT2D eigenvalue weighted by Crippen LogP contribution is -2.30. The average Bonchev–Trinajstić information content (AvgIpc) is 2.12. The lowest BCUT2D eigenvalue weighted by Gasteiger charge is -2.12. The molecule has 0 rings (SSSR count). The summed E-state index contributed by atoms with van der Waals surface area (Å²) >= 11 is 0. The lowest BCUT2D eigenvalue weighted by molar-refractivity contribution is -0.203. The molecule has 6 heteroatoms. The number of halogens is 3. The molecule has 1 atom stereocenters. The molecule has 0 heterocycles. The van der Waals surface area contributed by atoms with E-state index in [1.165, 1.54) is 0 Å². The predicted molar refractivity (Wildman–Crippen MR) is 45.8 cm³/mol. The highest BCUT2D eigenvalue weighted by Gasteiger charge is 2.43. The molecule has 0 radical (unpaired) electrons. The van der Waals surface area contributed by atoms with E-state index >= 15 is 0 Å². The molecule has 15 heavy (non-hydrogen) atoms. The normalized spacial score (nSPS) is 13.4. The minimum atomic E-state index is -5.11. The van der Waals surface area contributed by atoms with Crippen LogP contribution in [0.25, 0.3) is 0 Å². The first-order valence-electron chi connectivity index (χ1n) is 4.65. The highest BCUT2D eigenvalue weighted by molar-refractivity contribution is 5.89. The van der Waals surface area contributed by atoms with E-state index < -0.39 is 24.0 Å². The Balaban J connectivity index is 4.29. The van der Waals surface area contributed by atoms with Crippen molar-refractivity contribution in [2.45, 2.75) is 39.3 Å². The van der Waals surface area contributed by atoms with Gasteiger partial charge in [-0.15, -0.1) is 0 Å². The van der Waals surface area contributed by atoms with E-state index in [1.807, 2.05) is 0 Å². The van der Waals surface area contributed by atoms with Gasteiger partial charge in [0.1, 0.15) is 0 Å². The summed E-state index contributed by atoms with van der Waals surface area (Å²) in [5, 5.41) is 0. The van der Waals surface area contributed by atoms with Gasteiger partial charge in [-0.1, -0.05) is 20.3 Å². The maximum absolute atomic E-state index is 11.7. The van der Waals surface area contributed by atoms with Crippen LogP contribution >= 0.6 is 0 Å². The number of ether oxygens (including phenoxy) is 1. The Morgan fingerprint density at radius 3 is 2.13 bits per heavy atom. The van der Waals surface area contributed by atoms with Crippen LogP contribution in [0.3, 0.4) is 0 Å². The van der Waals surface area contributed by atoms with Gasteiger partial charge in [0, 0.05) is 0 Å². The Labute approximate surface area is 85.6 Å². The fraction of sp³-hybridized carbons (Fsp3) is 0.778. The summed E-state index contributed by atoms with van der Waals surface area (Å²) in [5.74, 6) is -4.18. The molecule has 0 aromatic rings. The summed E-state index contributed by atoms with van der Waals surface area (Å²) in [6.45, 7) is 3.45. The van der Waals surface area contributed by atoms with Crippen LogP contribution < -0.4 is 0 Å². The Morgan fingerprint density at radius 2 is 1.80 bits per heavy atom. The van der Waals surface area contributed by atoms with Crippen LogP contribution in [0.15, 0.2) is 0 Å². The summed E-state index contributed by atoms with van der Waals surface area (Å²) in [5.41, 5.74) is 0. The predicted octanol–water partition coefficient (Wildman–Crippen LogP) is 2.44. The van der Waals surface area contributed by atoms with Crippen molar-refractivity contribution in [3.8, 4) is 0 Å². The van der Waals surface area contributed by atoms with Crippen molar-refractivity contribution in [3.05, 3.63) is 0 Å². The maximum Gasteiger partial charge on any atom is 0.491 e. The molecule has 0 N–H and O–H groups in total. The van der Waals surface area contributed by atoms with Gasteiger partial charge < -0.3 is 4.74 Å². The third kappa shape index (κ3) is 4.80. The highest BCUT2D eigenvalue weighted by Crippen LogP contribution is 2.19. The molecule has 0 aromatic heterocycles. The van der Waals surface area contributed by atoms with E-state index in [0.29, 0.717) is 19.3 Å². The molecule has 1 unspecified atom stereocenters. The monoisotopic (exact) mass is 226 g/mol. The zero-order valence-electron chi connectivity index (χ0n) is 8.56. The molecule has 0 saturated heterocycles. The van der Waals surface area contributed by atoms with E-state index in [1.54, 1.807) is 13.8 Å². The molecule has 3 nitrogen and oxygen atoms in total. The van der Waals surface area contributed by atoms with Crippen molar-refractivity contribution in [1.29, 1.82) is 0 Å². The van der Waals surface area contributed by atoms with Crippen LogP contribution in [0, 0.1) is 5.92 Å². The van der Waals surface area contributed by atoms with E-state index in [4.69, 9.17) is 0 Å². The van der Waals surface area contributed by atoms with Gasteiger partial charge in [0.15, 0.2) is 0 Å². The first kappa shape index (κ1) is 13.9. The van der Waals surface area contributed by atoms with E-state index in [2.05, 4.69) is 4.74 Å². The zero-order chi connectivity index (χ0) is 12.1. The Hall–Kier alpha value is -1.07. The lowest BCUT2D eigenvalue weighted by atomic mass is 10.0. The number of esters is 2. The quantitative estimate of drug-likeness (QED) is 0.546. The molecule has 0 aromatic carbocycles. The van der Waals surface area contributed by atoms with Crippen LogP contribution in [-0.2, 0) is 14.3 Å². The van der Waals surface area contributed by atoms with Gasteiger partial charge in [0.25, 0.3) is 0 Å². The van der Waals surface area contributed by atoms with Crippen LogP contribution in [0.1, 0.15) is 33.1 Å². The molecular weight excluding hydrogens is 213 g/mol. The highest BCUT2D eigenvalue weighted by atomic mass is 19.4. The van der Waals surface area contributed by atoms with Crippen molar-refractivity contribution in [1.82, 2.24) is 0 Å². The van der Waals surface area contributed by atoms with Gasteiger partial charge >= 0.3 is 18.1 Å². The Morgan fingerprint density at radius 1 is 1.27 bits per heavy atom. The molecule has 0 aliphatic carbocycles. The molecule has 0 aliphatic heterocycles. The molecule has 0 amide bonds. The number of carbonyl (C=O) groups excluding carboxylic acids is 2. The van der Waals surface area contributed by atoms with Crippen molar-refractivity contribution in [2.24, 2.45) is 5.92 Å². The second-order valence-electron chi connectivity index (χ2n) is 3.10. The van der Waals surface area contributed by atoms with Gasteiger partial charge in [-0.2, -0.15) is 13.2 Å². The third-order valence-electron chi connectivity index (χ3n) is 1.89. The number of hydrogen-bond acceptors (Lipinski definition) is 3. The van der Waals surface area contributed by atoms with Gasteiger partial charge in [0.05, 0.1) is 5.92 Å². The summed E-state index contributed by atoms with van der Waals surface area (Å²) in [6.07, 6.45) is -3.69. The standard InChI is InChI=1S/C9H13F3O3/c1-3-5-6(4-2)7(13)15-8(14)9(10,11)12/h6H,3-5H2,1-2H3. The SMILES string of the molecule is CCCC(CC)C(=O)OC(=O)C(F)(F)F. The van der Waals surface area contributed by atoms with Crippen molar-refractivity contribution in [2.75, 3.05) is 0 Å². The second-order valence-corrected chi connectivity index (χ2v) is 3.10. The smallest absolute Gasteiger partial charge is 0.386 e. The summed E-state index contributed by atoms with van der Waals surface area (Å²) in [4.78, 5) is 21.4. The zero-order valence-corrected chi connectivity index (χ0v) is 8.56. The third-order valence-corrected chi connectivity index (χ3v) is 1.89. The second kappa shape index (κ2) is 5.72. The molecule has 0 bridgehead atoms. The van der Waals surface area contributed by atoms with Crippen molar-refractivity contribution >= 4 is 11.9 Å². The molecular formula is C9H13F3O3. The molecule has 0 aliphatic rings. The molecule has 0 fully saturated rings. The fourth-order valence-electron chi connectivity index (χ4n) is 1.07. The average molecular weight is 226 g/mol. The van der Waals surface area contributed by atoms with E-state index in [0.717, 1.165) is 0 Å². The number of carbonyl (C=O) groups is 2. The maximum atomic E-state index is 11.7. The Bertz CT molecular complexity index is 235. The molecule has 0 saturated carbocycles. The minimum Gasteiger partial charge on any atom is -0.386 e. The van der Waals surface area contributed by atoms with Gasteiger partial charge in [-0.3, -0.25) is 4.79 Å². The van der Waals surface area contributed by atoms with Crippen LogP contribution in [0.4, 0.5) is 13.2 Å². The van der Waals surface area contributed by atoms with Gasteiger partial charge in [-0.05, 0) is 12.8 Å². The van der Waals surface area contributed by atoms with Gasteiger partial charge in [-0.25, -0.2) is 4.79 Å². The first-order chi connectivity index (χ1) is 6.82. The van der Waals surface area contributed by atoms with Gasteiger partial charge in [0.2, 0.25) is 0 Å². The Kier molecular flexibility index (Phi) is 5.32. The number of rotatable bonds is 4. The van der Waals surface area contributed by atoms with Crippen LogP contribution in [-0.4, -0.2) is 18.1 Å². The summed E-state index contributed by atoms with van der Waals surface area (Å²) < 4.78 is 38.9. The first-order valence-corrected chi connectivity index (χ1v) is 4.65. The largest absolute Gasteiger partial charge is 0.491 e.